The van der Waals surface area contributed by atoms with Gasteiger partial charge in [0.25, 0.3) is 0 Å². The number of aryl methyl sites for hydroxylation is 1. The largest absolute Gasteiger partial charge is 0.299 e. The Labute approximate surface area is 127 Å². The van der Waals surface area contributed by atoms with Crippen LogP contribution in [0, 0.1) is 12.8 Å². The maximum Gasteiger partial charge on any atom is 0.0379 e. The average molecular weight is 277 g/mol. The normalized spacial score (nSPS) is 27.7. The Bertz CT molecular complexity index is 688. The Hall–Kier alpha value is -1.60. The van der Waals surface area contributed by atoms with Gasteiger partial charge in [0.05, 0.1) is 0 Å². The second kappa shape index (κ2) is 4.71. The molecule has 0 radical (unpaired) electrons. The molecule has 0 aromatic heterocycles. The van der Waals surface area contributed by atoms with E-state index < -0.39 is 0 Å². The van der Waals surface area contributed by atoms with Crippen LogP contribution in [0.15, 0.2) is 42.5 Å². The standard InChI is InChI=1S/C20H23N/c1-13-5-4-6-15(11-13)16-7-8-18-17-9-10-21(3)20(14(17)2)19(18)12-16/h4-8,11-12,14,17,20H,9-10H2,1-3H3/t14-,17?,20?/m0/s1. The third-order valence-corrected chi connectivity index (χ3v) is 5.56. The smallest absolute Gasteiger partial charge is 0.0379 e. The highest BCUT2D eigenvalue weighted by Gasteiger charge is 2.43. The number of hydrogen-bond acceptors (Lipinski definition) is 1. The molecule has 2 aliphatic rings. The molecule has 0 saturated carbocycles. The van der Waals surface area contributed by atoms with Gasteiger partial charge in [-0.25, -0.2) is 0 Å². The first-order chi connectivity index (χ1) is 10.1. The van der Waals surface area contributed by atoms with Gasteiger partial charge in [0, 0.05) is 6.04 Å². The van der Waals surface area contributed by atoms with Crippen LogP contribution in [0.4, 0.5) is 0 Å². The fourth-order valence-electron chi connectivity index (χ4n) is 4.50. The van der Waals surface area contributed by atoms with Crippen molar-refractivity contribution in [3.63, 3.8) is 0 Å². The van der Waals surface area contributed by atoms with Gasteiger partial charge in [-0.1, -0.05) is 48.9 Å². The van der Waals surface area contributed by atoms with Gasteiger partial charge >= 0.3 is 0 Å². The maximum atomic E-state index is 2.55. The summed E-state index contributed by atoms with van der Waals surface area (Å²) in [7, 11) is 2.28. The summed E-state index contributed by atoms with van der Waals surface area (Å²) in [5, 5.41) is 0. The first-order valence-corrected chi connectivity index (χ1v) is 8.06. The van der Waals surface area contributed by atoms with E-state index >= 15 is 0 Å². The lowest BCUT2D eigenvalue weighted by Crippen LogP contribution is -2.33. The number of benzene rings is 2. The zero-order valence-corrected chi connectivity index (χ0v) is 13.1. The van der Waals surface area contributed by atoms with E-state index in [0.717, 1.165) is 11.8 Å². The predicted octanol–water partition coefficient (Wildman–Crippen LogP) is 4.77. The zero-order valence-electron chi connectivity index (χ0n) is 13.1. The minimum Gasteiger partial charge on any atom is -0.299 e. The van der Waals surface area contributed by atoms with Crippen molar-refractivity contribution in [2.75, 3.05) is 13.6 Å². The molecular weight excluding hydrogens is 254 g/mol. The van der Waals surface area contributed by atoms with Crippen molar-refractivity contribution in [3.8, 4) is 11.1 Å². The van der Waals surface area contributed by atoms with E-state index in [1.807, 2.05) is 0 Å². The van der Waals surface area contributed by atoms with Gasteiger partial charge in [0.1, 0.15) is 0 Å². The third kappa shape index (κ3) is 1.95. The molecule has 1 nitrogen and oxygen atoms in total. The number of hydrogen-bond donors (Lipinski definition) is 0. The predicted molar refractivity (Wildman–Crippen MR) is 88.5 cm³/mol. The molecule has 0 N–H and O–H groups in total. The molecular formula is C20H23N. The summed E-state index contributed by atoms with van der Waals surface area (Å²) in [4.78, 5) is 2.55. The lowest BCUT2D eigenvalue weighted by Gasteiger charge is -2.35. The molecule has 0 spiro atoms. The topological polar surface area (TPSA) is 3.24 Å². The minimum atomic E-state index is 0.614. The first kappa shape index (κ1) is 13.1. The van der Waals surface area contributed by atoms with E-state index in [9.17, 15) is 0 Å². The van der Waals surface area contributed by atoms with Crippen LogP contribution in [0.1, 0.15) is 42.0 Å². The molecule has 4 rings (SSSR count). The molecule has 2 aromatic carbocycles. The molecule has 2 unspecified atom stereocenters. The first-order valence-electron chi connectivity index (χ1n) is 8.06. The molecule has 21 heavy (non-hydrogen) atoms. The van der Waals surface area contributed by atoms with Crippen LogP contribution in [0.25, 0.3) is 11.1 Å². The van der Waals surface area contributed by atoms with Gasteiger partial charge < -0.3 is 0 Å². The Balaban J connectivity index is 1.83. The summed E-state index contributed by atoms with van der Waals surface area (Å²) >= 11 is 0. The van der Waals surface area contributed by atoms with Crippen LogP contribution in [0.2, 0.25) is 0 Å². The van der Waals surface area contributed by atoms with Gasteiger partial charge in [0.2, 0.25) is 0 Å². The number of piperidine rings is 1. The Morgan fingerprint density at radius 3 is 2.62 bits per heavy atom. The Morgan fingerprint density at radius 2 is 1.81 bits per heavy atom. The molecule has 1 fully saturated rings. The molecule has 2 aromatic rings. The number of nitrogens with zero attached hydrogens (tertiary/aromatic N) is 1. The molecule has 1 aliphatic carbocycles. The van der Waals surface area contributed by atoms with Gasteiger partial charge in [-0.3, -0.25) is 4.90 Å². The average Bonchev–Trinajstić information content (AvgIpc) is 2.65. The Morgan fingerprint density at radius 1 is 1.00 bits per heavy atom. The fourth-order valence-corrected chi connectivity index (χ4v) is 4.50. The SMILES string of the molecule is Cc1cccc(-c2ccc3c(c2)C2[C@@H](C)C3CCN2C)c1. The molecule has 1 aliphatic heterocycles. The summed E-state index contributed by atoms with van der Waals surface area (Å²) in [6.07, 6.45) is 1.31. The molecule has 1 heterocycles. The molecule has 1 heteroatoms. The summed E-state index contributed by atoms with van der Waals surface area (Å²) in [6.45, 7) is 5.82. The monoisotopic (exact) mass is 277 g/mol. The van der Waals surface area contributed by atoms with E-state index in [1.54, 1.807) is 11.1 Å². The number of likely N-dealkylation sites (tertiary alicyclic amines) is 1. The van der Waals surface area contributed by atoms with Crippen molar-refractivity contribution in [1.82, 2.24) is 4.90 Å². The van der Waals surface area contributed by atoms with Gasteiger partial charge in [-0.2, -0.15) is 0 Å². The molecule has 1 saturated heterocycles. The van der Waals surface area contributed by atoms with Crippen molar-refractivity contribution >= 4 is 0 Å². The number of fused-ring (bicyclic) bond motifs is 5. The lowest BCUT2D eigenvalue weighted by molar-refractivity contribution is 0.134. The molecule has 108 valence electrons. The zero-order chi connectivity index (χ0) is 14.6. The van der Waals surface area contributed by atoms with E-state index in [-0.39, 0.29) is 0 Å². The number of rotatable bonds is 1. The third-order valence-electron chi connectivity index (χ3n) is 5.56. The minimum absolute atomic E-state index is 0.614. The quantitative estimate of drug-likeness (QED) is 0.725. The summed E-state index contributed by atoms with van der Waals surface area (Å²) in [5.74, 6) is 1.53. The summed E-state index contributed by atoms with van der Waals surface area (Å²) in [5.41, 5.74) is 7.22. The maximum absolute atomic E-state index is 2.55. The lowest BCUT2D eigenvalue weighted by atomic mass is 9.86. The van der Waals surface area contributed by atoms with Crippen LogP contribution in [-0.4, -0.2) is 18.5 Å². The highest BCUT2D eigenvalue weighted by Crippen LogP contribution is 2.52. The van der Waals surface area contributed by atoms with Crippen molar-refractivity contribution in [2.45, 2.75) is 32.2 Å². The van der Waals surface area contributed by atoms with Crippen LogP contribution in [0.5, 0.6) is 0 Å². The highest BCUT2D eigenvalue weighted by molar-refractivity contribution is 5.66. The van der Waals surface area contributed by atoms with Crippen molar-refractivity contribution in [1.29, 1.82) is 0 Å². The second-order valence-corrected chi connectivity index (χ2v) is 6.89. The van der Waals surface area contributed by atoms with Crippen molar-refractivity contribution in [3.05, 3.63) is 59.2 Å². The Kier molecular flexibility index (Phi) is 2.93. The van der Waals surface area contributed by atoms with Gasteiger partial charge in [-0.15, -0.1) is 0 Å². The van der Waals surface area contributed by atoms with E-state index in [4.69, 9.17) is 0 Å². The second-order valence-electron chi connectivity index (χ2n) is 6.89. The van der Waals surface area contributed by atoms with Crippen LogP contribution in [-0.2, 0) is 0 Å². The van der Waals surface area contributed by atoms with Gasteiger partial charge in [0.15, 0.2) is 0 Å². The van der Waals surface area contributed by atoms with Crippen molar-refractivity contribution in [2.24, 2.45) is 5.92 Å². The summed E-state index contributed by atoms with van der Waals surface area (Å²) in [6, 6.07) is 16.6. The van der Waals surface area contributed by atoms with E-state index in [1.165, 1.54) is 29.7 Å². The fraction of sp³-hybridized carbons (Fsp3) is 0.400. The molecule has 2 bridgehead atoms. The molecule has 3 atom stereocenters. The van der Waals surface area contributed by atoms with Crippen LogP contribution < -0.4 is 0 Å². The van der Waals surface area contributed by atoms with Crippen molar-refractivity contribution < 1.29 is 0 Å². The van der Waals surface area contributed by atoms with Crippen LogP contribution in [0.3, 0.4) is 0 Å². The van der Waals surface area contributed by atoms with Gasteiger partial charge in [-0.05, 0) is 67.1 Å². The van der Waals surface area contributed by atoms with Crippen LogP contribution >= 0.6 is 0 Å². The highest BCUT2D eigenvalue weighted by atomic mass is 15.1. The van der Waals surface area contributed by atoms with E-state index in [2.05, 4.69) is 68.3 Å². The van der Waals surface area contributed by atoms with E-state index in [0.29, 0.717) is 6.04 Å². The summed E-state index contributed by atoms with van der Waals surface area (Å²) < 4.78 is 0. The molecule has 0 amide bonds.